The van der Waals surface area contributed by atoms with Crippen molar-refractivity contribution in [3.8, 4) is 5.75 Å². The number of benzene rings is 1. The van der Waals surface area contributed by atoms with Crippen LogP contribution in [0.15, 0.2) is 18.2 Å². The summed E-state index contributed by atoms with van der Waals surface area (Å²) in [7, 11) is 0. The fourth-order valence-electron chi connectivity index (χ4n) is 2.10. The standard InChI is InChI=1S/C15H20FNO4/c1-2-10(6-7-13(19)20)8-9-17-15(21)14-11(16)4-3-5-12(14)18/h3-5,10,18H,2,6-9H2,1H3,(H,17,21)(H,19,20). The van der Waals surface area contributed by atoms with Gasteiger partial charge in [0.1, 0.15) is 17.1 Å². The molecular formula is C15H20FNO4. The second kappa shape index (κ2) is 8.24. The van der Waals surface area contributed by atoms with Crippen molar-refractivity contribution < 1.29 is 24.2 Å². The van der Waals surface area contributed by atoms with E-state index >= 15 is 0 Å². The van der Waals surface area contributed by atoms with E-state index in [1.54, 1.807) is 0 Å². The minimum Gasteiger partial charge on any atom is -0.507 e. The number of hydrogen-bond acceptors (Lipinski definition) is 3. The first-order valence-electron chi connectivity index (χ1n) is 6.93. The molecule has 5 nitrogen and oxygen atoms in total. The predicted molar refractivity (Wildman–Crippen MR) is 75.7 cm³/mol. The molecule has 0 radical (unpaired) electrons. The van der Waals surface area contributed by atoms with Gasteiger partial charge in [0.2, 0.25) is 0 Å². The highest BCUT2D eigenvalue weighted by atomic mass is 19.1. The van der Waals surface area contributed by atoms with Crippen LogP contribution in [0, 0.1) is 11.7 Å². The molecule has 1 rings (SSSR count). The Hall–Kier alpha value is -2.11. The second-order valence-electron chi connectivity index (χ2n) is 4.89. The highest BCUT2D eigenvalue weighted by Crippen LogP contribution is 2.20. The third-order valence-electron chi connectivity index (χ3n) is 3.40. The number of carboxylic acids is 1. The first kappa shape index (κ1) is 16.9. The number of carbonyl (C=O) groups is 2. The lowest BCUT2D eigenvalue weighted by atomic mass is 9.96. The number of aliphatic carboxylic acids is 1. The van der Waals surface area contributed by atoms with Crippen LogP contribution in [0.2, 0.25) is 0 Å². The Morgan fingerprint density at radius 3 is 2.62 bits per heavy atom. The monoisotopic (exact) mass is 297 g/mol. The smallest absolute Gasteiger partial charge is 0.303 e. The van der Waals surface area contributed by atoms with E-state index in [0.29, 0.717) is 19.4 Å². The van der Waals surface area contributed by atoms with Crippen LogP contribution in [0.25, 0.3) is 0 Å². The van der Waals surface area contributed by atoms with Crippen LogP contribution in [0.3, 0.4) is 0 Å². The summed E-state index contributed by atoms with van der Waals surface area (Å²) in [6.45, 7) is 2.27. The summed E-state index contributed by atoms with van der Waals surface area (Å²) in [6, 6.07) is 3.68. The Bertz CT molecular complexity index is 484. The van der Waals surface area contributed by atoms with Crippen LogP contribution >= 0.6 is 0 Å². The van der Waals surface area contributed by atoms with Gasteiger partial charge in [-0.3, -0.25) is 9.59 Å². The maximum absolute atomic E-state index is 13.5. The quantitative estimate of drug-likeness (QED) is 0.688. The Morgan fingerprint density at radius 2 is 2.05 bits per heavy atom. The molecule has 1 atom stereocenters. The Balaban J connectivity index is 2.47. The van der Waals surface area contributed by atoms with Gasteiger partial charge in [-0.25, -0.2) is 4.39 Å². The maximum atomic E-state index is 13.5. The van der Waals surface area contributed by atoms with E-state index in [4.69, 9.17) is 5.11 Å². The molecule has 6 heteroatoms. The molecule has 0 saturated carbocycles. The van der Waals surface area contributed by atoms with Crippen molar-refractivity contribution in [2.75, 3.05) is 6.54 Å². The number of amides is 1. The van der Waals surface area contributed by atoms with E-state index in [0.717, 1.165) is 12.5 Å². The van der Waals surface area contributed by atoms with E-state index in [1.807, 2.05) is 6.92 Å². The van der Waals surface area contributed by atoms with Crippen LogP contribution in [-0.4, -0.2) is 28.6 Å². The lowest BCUT2D eigenvalue weighted by molar-refractivity contribution is -0.137. The van der Waals surface area contributed by atoms with E-state index < -0.39 is 23.4 Å². The zero-order valence-corrected chi connectivity index (χ0v) is 11.9. The molecule has 1 amide bonds. The zero-order chi connectivity index (χ0) is 15.8. The number of phenolic OH excluding ortho intramolecular Hbond substituents is 1. The normalized spacial score (nSPS) is 11.9. The molecule has 3 N–H and O–H groups in total. The summed E-state index contributed by atoms with van der Waals surface area (Å²) in [5, 5.41) is 20.7. The SMILES string of the molecule is CCC(CCNC(=O)c1c(O)cccc1F)CCC(=O)O. The number of carbonyl (C=O) groups excluding carboxylic acids is 1. The molecule has 1 unspecified atom stereocenters. The van der Waals surface area contributed by atoms with Crippen LogP contribution in [0.5, 0.6) is 5.75 Å². The molecule has 0 saturated heterocycles. The number of phenols is 1. The number of halogens is 1. The molecule has 0 aromatic heterocycles. The fraction of sp³-hybridized carbons (Fsp3) is 0.467. The molecule has 1 aromatic carbocycles. The van der Waals surface area contributed by atoms with Gasteiger partial charge >= 0.3 is 5.97 Å². The zero-order valence-electron chi connectivity index (χ0n) is 11.9. The van der Waals surface area contributed by atoms with Gasteiger partial charge < -0.3 is 15.5 Å². The third-order valence-corrected chi connectivity index (χ3v) is 3.40. The van der Waals surface area contributed by atoms with Gasteiger partial charge in [-0.2, -0.15) is 0 Å². The van der Waals surface area contributed by atoms with Gasteiger partial charge in [0.05, 0.1) is 0 Å². The first-order valence-corrected chi connectivity index (χ1v) is 6.93. The summed E-state index contributed by atoms with van der Waals surface area (Å²) >= 11 is 0. The van der Waals surface area contributed by atoms with Gasteiger partial charge in [0.25, 0.3) is 5.91 Å². The minimum atomic E-state index is -0.839. The largest absolute Gasteiger partial charge is 0.507 e. The Morgan fingerprint density at radius 1 is 1.33 bits per heavy atom. The molecule has 0 aliphatic heterocycles. The van der Waals surface area contributed by atoms with Gasteiger partial charge in [0.15, 0.2) is 0 Å². The molecule has 21 heavy (non-hydrogen) atoms. The molecule has 116 valence electrons. The minimum absolute atomic E-state index is 0.0978. The summed E-state index contributed by atoms with van der Waals surface area (Å²) in [5.74, 6) is -2.49. The maximum Gasteiger partial charge on any atom is 0.303 e. The molecule has 1 aromatic rings. The predicted octanol–water partition coefficient (Wildman–Crippen LogP) is 2.54. The van der Waals surface area contributed by atoms with Crippen molar-refractivity contribution in [1.82, 2.24) is 5.32 Å². The summed E-state index contributed by atoms with van der Waals surface area (Å²) < 4.78 is 13.5. The highest BCUT2D eigenvalue weighted by Gasteiger charge is 2.16. The number of aromatic hydroxyl groups is 1. The molecule has 0 aliphatic rings. The lowest BCUT2D eigenvalue weighted by Crippen LogP contribution is -2.27. The van der Waals surface area contributed by atoms with Gasteiger partial charge in [-0.15, -0.1) is 0 Å². The molecule has 0 aliphatic carbocycles. The van der Waals surface area contributed by atoms with Gasteiger partial charge in [-0.05, 0) is 30.9 Å². The van der Waals surface area contributed by atoms with Gasteiger partial charge in [0, 0.05) is 13.0 Å². The van der Waals surface area contributed by atoms with Crippen LogP contribution in [0.4, 0.5) is 4.39 Å². The van der Waals surface area contributed by atoms with Crippen molar-refractivity contribution in [3.63, 3.8) is 0 Å². The second-order valence-corrected chi connectivity index (χ2v) is 4.89. The third kappa shape index (κ3) is 5.41. The molecule has 0 fully saturated rings. The Kier molecular flexibility index (Phi) is 6.65. The molecule has 0 bridgehead atoms. The van der Waals surface area contributed by atoms with Crippen LogP contribution in [0.1, 0.15) is 43.0 Å². The van der Waals surface area contributed by atoms with E-state index in [1.165, 1.54) is 12.1 Å². The van der Waals surface area contributed by atoms with Crippen molar-refractivity contribution in [3.05, 3.63) is 29.6 Å². The first-order chi connectivity index (χ1) is 9.95. The molecular weight excluding hydrogens is 277 g/mol. The van der Waals surface area contributed by atoms with Crippen LogP contribution < -0.4 is 5.32 Å². The number of rotatable bonds is 8. The van der Waals surface area contributed by atoms with Crippen molar-refractivity contribution in [2.45, 2.75) is 32.6 Å². The van der Waals surface area contributed by atoms with Crippen LogP contribution in [-0.2, 0) is 4.79 Å². The lowest BCUT2D eigenvalue weighted by Gasteiger charge is -2.14. The van der Waals surface area contributed by atoms with E-state index in [2.05, 4.69) is 5.32 Å². The molecule has 0 spiro atoms. The van der Waals surface area contributed by atoms with Crippen molar-refractivity contribution >= 4 is 11.9 Å². The van der Waals surface area contributed by atoms with E-state index in [-0.39, 0.29) is 17.9 Å². The Labute approximate surface area is 122 Å². The van der Waals surface area contributed by atoms with Crippen molar-refractivity contribution in [2.24, 2.45) is 5.92 Å². The summed E-state index contributed by atoms with van der Waals surface area (Å²) in [6.07, 6.45) is 2.08. The number of hydrogen-bond donors (Lipinski definition) is 3. The number of nitrogens with one attached hydrogen (secondary N) is 1. The van der Waals surface area contributed by atoms with Gasteiger partial charge in [-0.1, -0.05) is 19.4 Å². The average Bonchev–Trinajstić information content (AvgIpc) is 2.42. The summed E-state index contributed by atoms with van der Waals surface area (Å²) in [4.78, 5) is 22.3. The average molecular weight is 297 g/mol. The number of carboxylic acid groups (broad SMARTS) is 1. The topological polar surface area (TPSA) is 86.6 Å². The fourth-order valence-corrected chi connectivity index (χ4v) is 2.10. The van der Waals surface area contributed by atoms with E-state index in [9.17, 15) is 19.1 Å². The van der Waals surface area contributed by atoms with Crippen molar-refractivity contribution in [1.29, 1.82) is 0 Å². The summed E-state index contributed by atoms with van der Waals surface area (Å²) in [5.41, 5.74) is -0.365. The molecule has 0 heterocycles. The highest BCUT2D eigenvalue weighted by molar-refractivity contribution is 5.97.